The van der Waals surface area contributed by atoms with Crippen LogP contribution >= 0.6 is 0 Å². The van der Waals surface area contributed by atoms with E-state index < -0.39 is 10.0 Å². The molecule has 134 valence electrons. The van der Waals surface area contributed by atoms with Gasteiger partial charge < -0.3 is 10.1 Å². The Morgan fingerprint density at radius 1 is 1.12 bits per heavy atom. The predicted octanol–water partition coefficient (Wildman–Crippen LogP) is 3.19. The molecule has 0 radical (unpaired) electrons. The van der Waals surface area contributed by atoms with Crippen LogP contribution in [0.3, 0.4) is 0 Å². The molecule has 0 saturated heterocycles. The number of sulfonamides is 1. The van der Waals surface area contributed by atoms with Crippen molar-refractivity contribution < 1.29 is 13.2 Å². The van der Waals surface area contributed by atoms with Crippen molar-refractivity contribution in [2.45, 2.75) is 24.7 Å². The zero-order valence-corrected chi connectivity index (χ0v) is 15.5. The third kappa shape index (κ3) is 3.50. The van der Waals surface area contributed by atoms with Crippen molar-refractivity contribution in [3.05, 3.63) is 54.1 Å². The maximum Gasteiger partial charge on any atom is 0.238 e. The molecule has 2 aromatic rings. The molecule has 2 unspecified atom stereocenters. The molecule has 1 saturated carbocycles. The second kappa shape index (κ2) is 6.35. The van der Waals surface area contributed by atoms with Gasteiger partial charge in [-0.25, -0.2) is 13.6 Å². The molecule has 1 aliphatic rings. The molecule has 5 nitrogen and oxygen atoms in total. The molecule has 1 aliphatic carbocycles. The zero-order chi connectivity index (χ0) is 18.2. The molecule has 0 amide bonds. The topological polar surface area (TPSA) is 81.4 Å². The monoisotopic (exact) mass is 360 g/mol. The second-order valence-corrected chi connectivity index (χ2v) is 8.66. The van der Waals surface area contributed by atoms with E-state index in [1.54, 1.807) is 19.2 Å². The molecular weight excluding hydrogens is 336 g/mol. The van der Waals surface area contributed by atoms with Gasteiger partial charge in [-0.3, -0.25) is 0 Å². The summed E-state index contributed by atoms with van der Waals surface area (Å²) in [6.45, 7) is 5.30. The van der Waals surface area contributed by atoms with Gasteiger partial charge in [-0.2, -0.15) is 0 Å². The van der Waals surface area contributed by atoms with Gasteiger partial charge in [-0.05, 0) is 47.1 Å². The van der Waals surface area contributed by atoms with Crippen LogP contribution in [0.15, 0.2) is 53.4 Å². The van der Waals surface area contributed by atoms with Crippen LogP contribution in [0.25, 0.3) is 0 Å². The number of anilines is 1. The summed E-state index contributed by atoms with van der Waals surface area (Å²) in [5.74, 6) is 1.66. The van der Waals surface area contributed by atoms with E-state index in [-0.39, 0.29) is 10.3 Å². The van der Waals surface area contributed by atoms with Gasteiger partial charge in [0, 0.05) is 6.54 Å². The van der Waals surface area contributed by atoms with Crippen molar-refractivity contribution in [3.8, 4) is 5.75 Å². The van der Waals surface area contributed by atoms with E-state index in [0.29, 0.717) is 11.8 Å². The van der Waals surface area contributed by atoms with E-state index in [1.807, 2.05) is 36.4 Å². The number of benzene rings is 2. The lowest BCUT2D eigenvalue weighted by atomic mass is 10.0. The fourth-order valence-corrected chi connectivity index (χ4v) is 4.18. The largest absolute Gasteiger partial charge is 0.495 e. The fraction of sp³-hybridized carbons (Fsp3) is 0.368. The highest BCUT2D eigenvalue weighted by molar-refractivity contribution is 7.89. The van der Waals surface area contributed by atoms with E-state index in [1.165, 1.54) is 0 Å². The normalized spacial score (nSPS) is 21.6. The first-order valence-corrected chi connectivity index (χ1v) is 9.79. The van der Waals surface area contributed by atoms with E-state index in [9.17, 15) is 8.42 Å². The highest BCUT2D eigenvalue weighted by Crippen LogP contribution is 2.64. The second-order valence-electron chi connectivity index (χ2n) is 7.10. The summed E-state index contributed by atoms with van der Waals surface area (Å²) >= 11 is 0. The van der Waals surface area contributed by atoms with Crippen LogP contribution in [0.4, 0.5) is 5.69 Å². The summed E-state index contributed by atoms with van der Waals surface area (Å²) < 4.78 is 28.2. The molecule has 25 heavy (non-hydrogen) atoms. The molecule has 2 atom stereocenters. The number of methoxy groups -OCH3 is 1. The average Bonchev–Trinajstić information content (AvgIpc) is 3.13. The predicted molar refractivity (Wildman–Crippen MR) is 99.3 cm³/mol. The third-order valence-electron chi connectivity index (χ3n) is 5.24. The summed E-state index contributed by atoms with van der Waals surface area (Å²) in [4.78, 5) is 0.151. The van der Waals surface area contributed by atoms with Gasteiger partial charge in [0.1, 0.15) is 5.75 Å². The first-order valence-electron chi connectivity index (χ1n) is 8.25. The van der Waals surface area contributed by atoms with E-state index in [0.717, 1.165) is 23.5 Å². The van der Waals surface area contributed by atoms with E-state index >= 15 is 0 Å². The van der Waals surface area contributed by atoms with E-state index in [4.69, 9.17) is 9.88 Å². The Morgan fingerprint density at radius 3 is 2.36 bits per heavy atom. The Morgan fingerprint density at radius 2 is 1.76 bits per heavy atom. The maximum absolute atomic E-state index is 11.4. The lowest BCUT2D eigenvalue weighted by molar-refractivity contribution is 0.416. The molecule has 1 fully saturated rings. The van der Waals surface area contributed by atoms with Crippen molar-refractivity contribution in [1.82, 2.24) is 0 Å². The molecule has 6 heteroatoms. The number of nitrogens with two attached hydrogens (primary N) is 1. The lowest BCUT2D eigenvalue weighted by Gasteiger charge is -2.11. The van der Waals surface area contributed by atoms with Crippen LogP contribution in [-0.2, 0) is 10.0 Å². The Labute approximate surface area is 149 Å². The minimum atomic E-state index is -3.65. The molecule has 3 N–H and O–H groups in total. The molecule has 0 spiro atoms. The minimum absolute atomic E-state index is 0.151. The highest BCUT2D eigenvalue weighted by atomic mass is 32.2. The van der Waals surface area contributed by atoms with Gasteiger partial charge in [0.15, 0.2) is 0 Å². The standard InChI is InChI=1S/C19H24N2O3S/c1-19(2)15(12-21-16-6-4-5-7-17(16)24-3)18(19)13-8-10-14(11-9-13)25(20,22)23/h4-11,15,18,21H,12H2,1-3H3,(H2,20,22,23). The quantitative estimate of drug-likeness (QED) is 0.829. The molecule has 3 rings (SSSR count). The van der Waals surface area contributed by atoms with Crippen molar-refractivity contribution in [1.29, 1.82) is 0 Å². The van der Waals surface area contributed by atoms with Gasteiger partial charge in [0.25, 0.3) is 0 Å². The summed E-state index contributed by atoms with van der Waals surface area (Å²) in [5.41, 5.74) is 2.28. The number of para-hydroxylation sites is 2. The van der Waals surface area contributed by atoms with Gasteiger partial charge in [-0.15, -0.1) is 0 Å². The van der Waals surface area contributed by atoms with Crippen LogP contribution in [0.5, 0.6) is 5.75 Å². The Hall–Kier alpha value is -2.05. The molecular formula is C19H24N2O3S. The lowest BCUT2D eigenvalue weighted by Crippen LogP contribution is -2.11. The number of hydrogen-bond acceptors (Lipinski definition) is 4. The number of rotatable bonds is 6. The number of hydrogen-bond donors (Lipinski definition) is 2. The van der Waals surface area contributed by atoms with Crippen molar-refractivity contribution in [2.24, 2.45) is 16.5 Å². The van der Waals surface area contributed by atoms with Crippen molar-refractivity contribution in [3.63, 3.8) is 0 Å². The van der Waals surface area contributed by atoms with Gasteiger partial charge in [-0.1, -0.05) is 38.1 Å². The Bertz CT molecular complexity index is 860. The fourth-order valence-electron chi connectivity index (χ4n) is 3.66. The molecule has 0 aromatic heterocycles. The van der Waals surface area contributed by atoms with Crippen LogP contribution in [0, 0.1) is 11.3 Å². The Kier molecular flexibility index (Phi) is 4.51. The number of nitrogens with one attached hydrogen (secondary N) is 1. The smallest absolute Gasteiger partial charge is 0.238 e. The van der Waals surface area contributed by atoms with Crippen LogP contribution in [0.2, 0.25) is 0 Å². The van der Waals surface area contributed by atoms with E-state index in [2.05, 4.69) is 19.2 Å². The zero-order valence-electron chi connectivity index (χ0n) is 14.7. The number of ether oxygens (including phenoxy) is 1. The van der Waals surface area contributed by atoms with Crippen LogP contribution < -0.4 is 15.2 Å². The van der Waals surface area contributed by atoms with Gasteiger partial charge in [0.05, 0.1) is 17.7 Å². The van der Waals surface area contributed by atoms with Gasteiger partial charge >= 0.3 is 0 Å². The van der Waals surface area contributed by atoms with Crippen molar-refractivity contribution in [2.75, 3.05) is 19.0 Å². The number of primary sulfonamides is 1. The first kappa shape index (κ1) is 17.8. The third-order valence-corrected chi connectivity index (χ3v) is 6.17. The molecule has 0 bridgehead atoms. The van der Waals surface area contributed by atoms with Crippen LogP contribution in [0.1, 0.15) is 25.3 Å². The highest BCUT2D eigenvalue weighted by Gasteiger charge is 2.57. The minimum Gasteiger partial charge on any atom is -0.495 e. The summed E-state index contributed by atoms with van der Waals surface area (Å²) in [6.07, 6.45) is 0. The molecule has 0 heterocycles. The maximum atomic E-state index is 11.4. The summed E-state index contributed by atoms with van der Waals surface area (Å²) in [7, 11) is -1.98. The molecule has 2 aromatic carbocycles. The Balaban J connectivity index is 1.72. The summed E-state index contributed by atoms with van der Waals surface area (Å²) in [6, 6.07) is 14.8. The van der Waals surface area contributed by atoms with Crippen molar-refractivity contribution >= 4 is 15.7 Å². The SMILES string of the molecule is COc1ccccc1NCC1C(c2ccc(S(N)(=O)=O)cc2)C1(C)C. The molecule has 0 aliphatic heterocycles. The summed E-state index contributed by atoms with van der Waals surface area (Å²) in [5, 5.41) is 8.65. The van der Waals surface area contributed by atoms with Gasteiger partial charge in [0.2, 0.25) is 10.0 Å². The first-order chi connectivity index (χ1) is 11.7. The average molecular weight is 360 g/mol. The van der Waals surface area contributed by atoms with Crippen LogP contribution in [-0.4, -0.2) is 22.1 Å².